The van der Waals surface area contributed by atoms with E-state index in [-0.39, 0.29) is 12.4 Å². The first kappa shape index (κ1) is 16.9. The van der Waals surface area contributed by atoms with Crippen LogP contribution < -0.4 is 4.74 Å². The Labute approximate surface area is 145 Å². The van der Waals surface area contributed by atoms with Crippen LogP contribution in [0.2, 0.25) is 0 Å². The Bertz CT molecular complexity index is 887. The molecule has 130 valence electrons. The van der Waals surface area contributed by atoms with Crippen molar-refractivity contribution in [3.63, 3.8) is 0 Å². The van der Waals surface area contributed by atoms with Gasteiger partial charge >= 0.3 is 5.97 Å². The number of carbonyl (C=O) groups excluding carboxylic acids is 1. The lowest BCUT2D eigenvalue weighted by Crippen LogP contribution is -2.14. The van der Waals surface area contributed by atoms with Crippen molar-refractivity contribution in [2.75, 3.05) is 13.7 Å². The van der Waals surface area contributed by atoms with Gasteiger partial charge in [-0.05, 0) is 31.5 Å². The van der Waals surface area contributed by atoms with Crippen LogP contribution in [0.1, 0.15) is 22.5 Å². The highest BCUT2D eigenvalue weighted by Crippen LogP contribution is 2.15. The zero-order valence-electron chi connectivity index (χ0n) is 14.5. The molecule has 2 aromatic heterocycles. The van der Waals surface area contributed by atoms with Crippen LogP contribution in [0.25, 0.3) is 5.78 Å². The monoisotopic (exact) mass is 340 g/mol. The quantitative estimate of drug-likeness (QED) is 0.639. The number of ether oxygens (including phenoxy) is 2. The van der Waals surface area contributed by atoms with Crippen molar-refractivity contribution < 1.29 is 14.3 Å². The molecule has 0 saturated heterocycles. The van der Waals surface area contributed by atoms with Crippen LogP contribution in [0.4, 0.5) is 0 Å². The van der Waals surface area contributed by atoms with E-state index >= 15 is 0 Å². The van der Waals surface area contributed by atoms with Gasteiger partial charge in [-0.2, -0.15) is 10.1 Å². The van der Waals surface area contributed by atoms with E-state index in [1.807, 2.05) is 38.1 Å². The lowest BCUT2D eigenvalue weighted by Gasteiger charge is -2.10. The Balaban J connectivity index is 1.59. The van der Waals surface area contributed by atoms with Crippen molar-refractivity contribution >= 4 is 11.7 Å². The van der Waals surface area contributed by atoms with Gasteiger partial charge in [-0.1, -0.05) is 12.1 Å². The minimum atomic E-state index is -0.277. The maximum atomic E-state index is 12.2. The fourth-order valence-corrected chi connectivity index (χ4v) is 2.68. The SMILES string of the molecule is COc1ccc(CCOC(=O)Cc2c(C)nc3ncnn3c2C)cc1. The minimum absolute atomic E-state index is 0.170. The molecule has 0 unspecified atom stereocenters. The molecular formula is C18H20N4O3. The predicted molar refractivity (Wildman–Crippen MR) is 91.6 cm³/mol. The first-order valence-electron chi connectivity index (χ1n) is 8.03. The van der Waals surface area contributed by atoms with E-state index in [4.69, 9.17) is 9.47 Å². The number of carbonyl (C=O) groups is 1. The fraction of sp³-hybridized carbons (Fsp3) is 0.333. The van der Waals surface area contributed by atoms with E-state index in [2.05, 4.69) is 15.1 Å². The molecule has 0 fully saturated rings. The summed E-state index contributed by atoms with van der Waals surface area (Å²) in [5, 5.41) is 4.12. The summed E-state index contributed by atoms with van der Waals surface area (Å²) in [7, 11) is 1.63. The van der Waals surface area contributed by atoms with Gasteiger partial charge in [0.1, 0.15) is 12.1 Å². The molecule has 0 saturated carbocycles. The molecule has 0 aliphatic rings. The predicted octanol–water partition coefficient (Wildman–Crippen LogP) is 2.08. The molecule has 0 radical (unpaired) electrons. The van der Waals surface area contributed by atoms with Crippen LogP contribution in [0.5, 0.6) is 5.75 Å². The van der Waals surface area contributed by atoms with Crippen molar-refractivity contribution in [3.8, 4) is 5.75 Å². The standard InChI is InChI=1S/C18H20N4O3/c1-12-16(13(2)22-18(21-12)19-11-20-22)10-17(23)25-9-8-14-4-6-15(24-3)7-5-14/h4-7,11H,8-10H2,1-3H3. The second kappa shape index (κ2) is 7.29. The van der Waals surface area contributed by atoms with Gasteiger partial charge < -0.3 is 9.47 Å². The molecule has 7 heteroatoms. The fourth-order valence-electron chi connectivity index (χ4n) is 2.68. The topological polar surface area (TPSA) is 78.6 Å². The summed E-state index contributed by atoms with van der Waals surface area (Å²) in [5.74, 6) is 1.07. The van der Waals surface area contributed by atoms with Gasteiger partial charge in [0.25, 0.3) is 5.78 Å². The second-order valence-electron chi connectivity index (χ2n) is 5.73. The molecule has 0 atom stereocenters. The molecule has 2 heterocycles. The third-order valence-corrected chi connectivity index (χ3v) is 4.12. The number of aromatic nitrogens is 4. The Morgan fingerprint density at radius 3 is 2.68 bits per heavy atom. The summed E-state index contributed by atoms with van der Waals surface area (Å²) >= 11 is 0. The average molecular weight is 340 g/mol. The highest BCUT2D eigenvalue weighted by Gasteiger charge is 2.15. The summed E-state index contributed by atoms with van der Waals surface area (Å²) in [5.41, 5.74) is 3.54. The molecule has 7 nitrogen and oxygen atoms in total. The molecular weight excluding hydrogens is 320 g/mol. The summed E-state index contributed by atoms with van der Waals surface area (Å²) in [6.45, 7) is 4.10. The molecule has 0 amide bonds. The van der Waals surface area contributed by atoms with E-state index < -0.39 is 0 Å². The molecule has 1 aromatic carbocycles. The zero-order chi connectivity index (χ0) is 17.8. The van der Waals surface area contributed by atoms with Crippen LogP contribution in [-0.4, -0.2) is 39.3 Å². The number of fused-ring (bicyclic) bond motifs is 1. The third kappa shape index (κ3) is 3.76. The number of nitrogens with zero attached hydrogens (tertiary/aromatic N) is 4. The van der Waals surface area contributed by atoms with Crippen molar-refractivity contribution in [2.45, 2.75) is 26.7 Å². The molecule has 3 aromatic rings. The van der Waals surface area contributed by atoms with E-state index in [1.165, 1.54) is 6.33 Å². The molecule has 3 rings (SSSR count). The lowest BCUT2D eigenvalue weighted by atomic mass is 10.1. The first-order chi connectivity index (χ1) is 12.1. The zero-order valence-corrected chi connectivity index (χ0v) is 14.5. The van der Waals surface area contributed by atoms with Gasteiger partial charge in [-0.3, -0.25) is 4.79 Å². The van der Waals surface area contributed by atoms with Crippen molar-refractivity contribution in [2.24, 2.45) is 0 Å². The summed E-state index contributed by atoms with van der Waals surface area (Å²) in [4.78, 5) is 20.6. The number of hydrogen-bond acceptors (Lipinski definition) is 6. The van der Waals surface area contributed by atoms with Gasteiger partial charge in [-0.25, -0.2) is 9.50 Å². The van der Waals surface area contributed by atoms with Crippen molar-refractivity contribution in [3.05, 3.63) is 53.1 Å². The number of hydrogen-bond donors (Lipinski definition) is 0. The van der Waals surface area contributed by atoms with Gasteiger partial charge in [-0.15, -0.1) is 0 Å². The maximum absolute atomic E-state index is 12.2. The van der Waals surface area contributed by atoms with Crippen molar-refractivity contribution in [1.82, 2.24) is 19.6 Å². The summed E-state index contributed by atoms with van der Waals surface area (Å²) in [6.07, 6.45) is 2.28. The number of aryl methyl sites for hydroxylation is 2. The molecule has 0 bridgehead atoms. The minimum Gasteiger partial charge on any atom is -0.497 e. The van der Waals surface area contributed by atoms with Gasteiger partial charge in [0, 0.05) is 23.4 Å². The van der Waals surface area contributed by atoms with Crippen LogP contribution >= 0.6 is 0 Å². The molecule has 0 N–H and O–H groups in total. The van der Waals surface area contributed by atoms with E-state index in [0.717, 1.165) is 28.3 Å². The Morgan fingerprint density at radius 1 is 1.20 bits per heavy atom. The Kier molecular flexibility index (Phi) is 4.92. The first-order valence-corrected chi connectivity index (χ1v) is 8.03. The van der Waals surface area contributed by atoms with Crippen LogP contribution in [0.15, 0.2) is 30.6 Å². The summed E-state index contributed by atoms with van der Waals surface area (Å²) < 4.78 is 12.1. The second-order valence-corrected chi connectivity index (χ2v) is 5.73. The third-order valence-electron chi connectivity index (χ3n) is 4.12. The lowest BCUT2D eigenvalue weighted by molar-refractivity contribution is -0.142. The Hall–Kier alpha value is -2.96. The van der Waals surface area contributed by atoms with E-state index in [0.29, 0.717) is 18.8 Å². The summed E-state index contributed by atoms with van der Waals surface area (Å²) in [6, 6.07) is 7.71. The number of methoxy groups -OCH3 is 1. The highest BCUT2D eigenvalue weighted by molar-refractivity contribution is 5.73. The average Bonchev–Trinajstić information content (AvgIpc) is 3.07. The largest absolute Gasteiger partial charge is 0.497 e. The van der Waals surface area contributed by atoms with Crippen molar-refractivity contribution in [1.29, 1.82) is 0 Å². The molecule has 0 aliphatic heterocycles. The maximum Gasteiger partial charge on any atom is 0.310 e. The smallest absolute Gasteiger partial charge is 0.310 e. The highest BCUT2D eigenvalue weighted by atomic mass is 16.5. The molecule has 0 spiro atoms. The normalized spacial score (nSPS) is 10.8. The van der Waals surface area contributed by atoms with Gasteiger partial charge in [0.2, 0.25) is 0 Å². The van der Waals surface area contributed by atoms with Crippen LogP contribution in [0, 0.1) is 13.8 Å². The van der Waals surface area contributed by atoms with Gasteiger partial charge in [0.05, 0.1) is 20.1 Å². The number of rotatable bonds is 6. The Morgan fingerprint density at radius 2 is 1.96 bits per heavy atom. The van der Waals surface area contributed by atoms with Crippen LogP contribution in [-0.2, 0) is 22.4 Å². The number of benzene rings is 1. The molecule has 25 heavy (non-hydrogen) atoms. The molecule has 0 aliphatic carbocycles. The van der Waals surface area contributed by atoms with E-state index in [1.54, 1.807) is 11.6 Å². The van der Waals surface area contributed by atoms with E-state index in [9.17, 15) is 4.79 Å². The van der Waals surface area contributed by atoms with Gasteiger partial charge in [0.15, 0.2) is 0 Å². The number of esters is 1. The van der Waals surface area contributed by atoms with Crippen LogP contribution in [0.3, 0.4) is 0 Å².